The minimum absolute atomic E-state index is 0.159. The lowest BCUT2D eigenvalue weighted by Crippen LogP contribution is -2.21. The van der Waals surface area contributed by atoms with Gasteiger partial charge in [-0.1, -0.05) is 0 Å². The SMILES string of the molecule is CCN(C=NS(=O)(=O)c1ccc(OC)cc1)CC. The smallest absolute Gasteiger partial charge is 0.283 e. The highest BCUT2D eigenvalue weighted by molar-refractivity contribution is 7.90. The third kappa shape index (κ3) is 3.73. The topological polar surface area (TPSA) is 59.0 Å². The van der Waals surface area contributed by atoms with Crippen molar-refractivity contribution >= 4 is 16.4 Å². The fraction of sp³-hybridized carbons (Fsp3) is 0.417. The highest BCUT2D eigenvalue weighted by atomic mass is 32.2. The Morgan fingerprint density at radius 3 is 2.22 bits per heavy atom. The monoisotopic (exact) mass is 270 g/mol. The predicted octanol–water partition coefficient (Wildman–Crippen LogP) is 1.75. The van der Waals surface area contributed by atoms with Gasteiger partial charge in [-0.15, -0.1) is 4.40 Å². The molecule has 0 amide bonds. The van der Waals surface area contributed by atoms with Crippen LogP contribution in [0, 0.1) is 0 Å². The zero-order valence-corrected chi connectivity index (χ0v) is 11.6. The Bertz CT molecular complexity index is 491. The van der Waals surface area contributed by atoms with Crippen LogP contribution in [-0.2, 0) is 10.0 Å². The number of nitrogens with zero attached hydrogens (tertiary/aromatic N) is 2. The van der Waals surface area contributed by atoms with Crippen LogP contribution in [0.4, 0.5) is 0 Å². The Morgan fingerprint density at radius 1 is 1.22 bits per heavy atom. The molecular weight excluding hydrogens is 252 g/mol. The van der Waals surface area contributed by atoms with Gasteiger partial charge in [0.1, 0.15) is 12.1 Å². The second-order valence-electron chi connectivity index (χ2n) is 3.59. The Labute approximate surface area is 108 Å². The molecule has 0 radical (unpaired) electrons. The first-order valence-electron chi connectivity index (χ1n) is 5.72. The second kappa shape index (κ2) is 6.39. The molecule has 0 heterocycles. The van der Waals surface area contributed by atoms with Crippen LogP contribution in [0.25, 0.3) is 0 Å². The number of hydrogen-bond acceptors (Lipinski definition) is 3. The van der Waals surface area contributed by atoms with Gasteiger partial charge in [-0.25, -0.2) is 0 Å². The Kier molecular flexibility index (Phi) is 5.15. The fourth-order valence-corrected chi connectivity index (χ4v) is 2.18. The molecule has 0 atom stereocenters. The normalized spacial score (nSPS) is 11.7. The summed E-state index contributed by atoms with van der Waals surface area (Å²) in [6.07, 6.45) is 1.36. The van der Waals surface area contributed by atoms with Crippen molar-refractivity contribution in [1.82, 2.24) is 4.90 Å². The van der Waals surface area contributed by atoms with E-state index >= 15 is 0 Å². The van der Waals surface area contributed by atoms with Gasteiger partial charge in [-0.05, 0) is 38.1 Å². The molecule has 0 saturated carbocycles. The molecule has 0 aliphatic rings. The van der Waals surface area contributed by atoms with Gasteiger partial charge >= 0.3 is 0 Å². The van der Waals surface area contributed by atoms with E-state index in [0.717, 1.165) is 13.1 Å². The minimum Gasteiger partial charge on any atom is -0.497 e. The van der Waals surface area contributed by atoms with Gasteiger partial charge in [0.2, 0.25) is 0 Å². The first-order chi connectivity index (χ1) is 8.53. The zero-order valence-electron chi connectivity index (χ0n) is 10.8. The standard InChI is InChI=1S/C12H18N2O3S/c1-4-14(5-2)10-13-18(15,16)12-8-6-11(17-3)7-9-12/h6-10H,4-5H2,1-3H3. The summed E-state index contributed by atoms with van der Waals surface area (Å²) < 4.78 is 32.4. The Balaban J connectivity index is 2.92. The lowest BCUT2D eigenvalue weighted by molar-refractivity contribution is 0.414. The summed E-state index contributed by atoms with van der Waals surface area (Å²) >= 11 is 0. The van der Waals surface area contributed by atoms with E-state index in [2.05, 4.69) is 4.40 Å². The van der Waals surface area contributed by atoms with Gasteiger partial charge in [-0.2, -0.15) is 8.42 Å². The van der Waals surface area contributed by atoms with E-state index < -0.39 is 10.0 Å². The molecule has 5 nitrogen and oxygen atoms in total. The molecule has 0 bridgehead atoms. The maximum absolute atomic E-state index is 11.9. The Hall–Kier alpha value is -1.56. The fourth-order valence-electron chi connectivity index (χ4n) is 1.32. The van der Waals surface area contributed by atoms with Crippen LogP contribution in [0.1, 0.15) is 13.8 Å². The molecule has 0 unspecified atom stereocenters. The molecule has 1 aromatic carbocycles. The summed E-state index contributed by atoms with van der Waals surface area (Å²) in [6.45, 7) is 5.32. The quantitative estimate of drug-likeness (QED) is 0.584. The van der Waals surface area contributed by atoms with Crippen molar-refractivity contribution in [2.75, 3.05) is 20.2 Å². The van der Waals surface area contributed by atoms with Gasteiger partial charge in [-0.3, -0.25) is 0 Å². The minimum atomic E-state index is -3.63. The molecule has 0 aromatic heterocycles. The molecule has 0 saturated heterocycles. The molecule has 100 valence electrons. The van der Waals surface area contributed by atoms with Crippen LogP contribution in [0.5, 0.6) is 5.75 Å². The van der Waals surface area contributed by atoms with Crippen LogP contribution >= 0.6 is 0 Å². The summed E-state index contributed by atoms with van der Waals surface area (Å²) in [5.74, 6) is 0.613. The van der Waals surface area contributed by atoms with E-state index in [1.54, 1.807) is 17.0 Å². The third-order valence-electron chi connectivity index (χ3n) is 2.52. The highest BCUT2D eigenvalue weighted by Gasteiger charge is 2.11. The van der Waals surface area contributed by atoms with Crippen molar-refractivity contribution in [2.24, 2.45) is 4.40 Å². The summed E-state index contributed by atoms with van der Waals surface area (Å²) in [6, 6.07) is 6.15. The highest BCUT2D eigenvalue weighted by Crippen LogP contribution is 2.17. The molecular formula is C12H18N2O3S. The van der Waals surface area contributed by atoms with Crippen LogP contribution in [-0.4, -0.2) is 39.9 Å². The van der Waals surface area contributed by atoms with Crippen LogP contribution in [0.15, 0.2) is 33.6 Å². The average molecular weight is 270 g/mol. The van der Waals surface area contributed by atoms with E-state index in [0.29, 0.717) is 5.75 Å². The first kappa shape index (κ1) is 14.5. The number of methoxy groups -OCH3 is 1. The summed E-state index contributed by atoms with van der Waals surface area (Å²) in [5, 5.41) is 0. The van der Waals surface area contributed by atoms with Crippen LogP contribution in [0.3, 0.4) is 0 Å². The van der Waals surface area contributed by atoms with Crippen molar-refractivity contribution in [2.45, 2.75) is 18.7 Å². The lowest BCUT2D eigenvalue weighted by Gasteiger charge is -2.13. The van der Waals surface area contributed by atoms with E-state index in [-0.39, 0.29) is 4.90 Å². The average Bonchev–Trinajstić information content (AvgIpc) is 2.40. The number of hydrogen-bond donors (Lipinski definition) is 0. The molecule has 0 spiro atoms. The van der Waals surface area contributed by atoms with Gasteiger partial charge in [0.05, 0.1) is 12.0 Å². The third-order valence-corrected chi connectivity index (χ3v) is 3.76. The number of sulfonamides is 1. The summed E-state index contributed by atoms with van der Waals surface area (Å²) in [7, 11) is -2.10. The number of rotatable bonds is 6. The van der Waals surface area contributed by atoms with E-state index in [4.69, 9.17) is 4.74 Å². The van der Waals surface area contributed by atoms with Crippen LogP contribution < -0.4 is 4.74 Å². The molecule has 0 N–H and O–H groups in total. The first-order valence-corrected chi connectivity index (χ1v) is 7.16. The predicted molar refractivity (Wildman–Crippen MR) is 71.6 cm³/mol. The molecule has 0 fully saturated rings. The molecule has 18 heavy (non-hydrogen) atoms. The van der Waals surface area contributed by atoms with Crippen molar-refractivity contribution in [1.29, 1.82) is 0 Å². The number of ether oxygens (including phenoxy) is 1. The molecule has 6 heteroatoms. The summed E-state index contributed by atoms with van der Waals surface area (Å²) in [5.41, 5.74) is 0. The molecule has 1 aromatic rings. The van der Waals surface area contributed by atoms with Crippen molar-refractivity contribution < 1.29 is 13.2 Å². The lowest BCUT2D eigenvalue weighted by atomic mass is 10.3. The van der Waals surface area contributed by atoms with Gasteiger partial charge in [0.15, 0.2) is 0 Å². The van der Waals surface area contributed by atoms with Gasteiger partial charge < -0.3 is 9.64 Å². The van der Waals surface area contributed by atoms with E-state index in [9.17, 15) is 8.42 Å². The van der Waals surface area contributed by atoms with Gasteiger partial charge in [0, 0.05) is 13.1 Å². The van der Waals surface area contributed by atoms with E-state index in [1.165, 1.54) is 25.6 Å². The van der Waals surface area contributed by atoms with Crippen molar-refractivity contribution in [3.63, 3.8) is 0 Å². The van der Waals surface area contributed by atoms with Crippen molar-refractivity contribution in [3.8, 4) is 5.75 Å². The molecule has 0 aliphatic heterocycles. The maximum atomic E-state index is 11.9. The molecule has 1 rings (SSSR count). The van der Waals surface area contributed by atoms with Crippen LogP contribution in [0.2, 0.25) is 0 Å². The van der Waals surface area contributed by atoms with Gasteiger partial charge in [0.25, 0.3) is 10.0 Å². The Morgan fingerprint density at radius 2 is 1.78 bits per heavy atom. The van der Waals surface area contributed by atoms with E-state index in [1.807, 2.05) is 13.8 Å². The second-order valence-corrected chi connectivity index (χ2v) is 5.23. The largest absolute Gasteiger partial charge is 0.497 e. The van der Waals surface area contributed by atoms with Crippen molar-refractivity contribution in [3.05, 3.63) is 24.3 Å². The molecule has 0 aliphatic carbocycles. The maximum Gasteiger partial charge on any atom is 0.283 e. The number of benzene rings is 1. The zero-order chi connectivity index (χ0) is 13.6. The summed E-state index contributed by atoms with van der Waals surface area (Å²) in [4.78, 5) is 1.97.